The van der Waals surface area contributed by atoms with Crippen LogP contribution in [0, 0.1) is 5.41 Å². The number of carbonyl (C=O) groups excluding carboxylic acids is 2. The largest absolute Gasteiger partial charge is 0.466 e. The number of hydrogen-bond donors (Lipinski definition) is 0. The second-order valence-corrected chi connectivity index (χ2v) is 5.04. The average Bonchev–Trinajstić information content (AvgIpc) is 2.37. The summed E-state index contributed by atoms with van der Waals surface area (Å²) in [6.45, 7) is 11.1. The molecule has 5 nitrogen and oxygen atoms in total. The van der Waals surface area contributed by atoms with Crippen molar-refractivity contribution in [3.05, 3.63) is 12.7 Å². The van der Waals surface area contributed by atoms with Crippen LogP contribution >= 0.6 is 0 Å². The van der Waals surface area contributed by atoms with Gasteiger partial charge in [-0.2, -0.15) is 0 Å². The SMILES string of the molecule is C=CC(C)(C)CCOC(C)(C(=O)OC)C(=O)OCC. The third-order valence-electron chi connectivity index (χ3n) is 2.93. The van der Waals surface area contributed by atoms with Gasteiger partial charge in [-0.3, -0.25) is 0 Å². The first kappa shape index (κ1) is 17.6. The highest BCUT2D eigenvalue weighted by Crippen LogP contribution is 2.23. The predicted molar refractivity (Wildman–Crippen MR) is 71.6 cm³/mol. The van der Waals surface area contributed by atoms with Crippen molar-refractivity contribution in [3.63, 3.8) is 0 Å². The first-order valence-electron chi connectivity index (χ1n) is 6.26. The molecule has 1 unspecified atom stereocenters. The van der Waals surface area contributed by atoms with Gasteiger partial charge in [0, 0.05) is 6.61 Å². The highest BCUT2D eigenvalue weighted by molar-refractivity contribution is 6.03. The van der Waals surface area contributed by atoms with E-state index < -0.39 is 17.5 Å². The Morgan fingerprint density at radius 2 is 1.79 bits per heavy atom. The van der Waals surface area contributed by atoms with E-state index in [1.165, 1.54) is 14.0 Å². The second kappa shape index (κ2) is 7.28. The predicted octanol–water partition coefficient (Wildman–Crippen LogP) is 2.10. The van der Waals surface area contributed by atoms with Crippen molar-refractivity contribution in [2.24, 2.45) is 5.41 Å². The van der Waals surface area contributed by atoms with Crippen LogP contribution in [0.5, 0.6) is 0 Å². The Balaban J connectivity index is 4.75. The molecule has 0 saturated heterocycles. The second-order valence-electron chi connectivity index (χ2n) is 5.04. The molecule has 0 aliphatic carbocycles. The average molecular weight is 272 g/mol. The van der Waals surface area contributed by atoms with Gasteiger partial charge < -0.3 is 14.2 Å². The van der Waals surface area contributed by atoms with Crippen LogP contribution < -0.4 is 0 Å². The molecule has 0 fully saturated rings. The van der Waals surface area contributed by atoms with Crippen LogP contribution in [0.15, 0.2) is 12.7 Å². The molecule has 0 bridgehead atoms. The quantitative estimate of drug-likeness (QED) is 0.385. The first-order valence-corrected chi connectivity index (χ1v) is 6.26. The topological polar surface area (TPSA) is 61.8 Å². The number of ether oxygens (including phenoxy) is 3. The molecule has 0 aromatic heterocycles. The molecule has 0 spiro atoms. The standard InChI is InChI=1S/C14H24O5/c1-7-13(3,4)9-10-19-14(5,11(15)17-6)12(16)18-8-2/h7H,1,8-10H2,2-6H3. The molecule has 0 aliphatic heterocycles. The lowest BCUT2D eigenvalue weighted by Gasteiger charge is -2.27. The molecule has 0 rings (SSSR count). The summed E-state index contributed by atoms with van der Waals surface area (Å²) in [7, 11) is 1.21. The van der Waals surface area contributed by atoms with Crippen LogP contribution in [0.3, 0.4) is 0 Å². The molecule has 0 aromatic carbocycles. The van der Waals surface area contributed by atoms with Crippen molar-refractivity contribution in [2.75, 3.05) is 20.3 Å². The maximum absolute atomic E-state index is 11.8. The van der Waals surface area contributed by atoms with Gasteiger partial charge in [-0.1, -0.05) is 19.9 Å². The minimum Gasteiger partial charge on any atom is -0.466 e. The Bertz CT molecular complexity index is 335. The zero-order valence-electron chi connectivity index (χ0n) is 12.4. The normalized spacial score (nSPS) is 14.4. The van der Waals surface area contributed by atoms with E-state index in [9.17, 15) is 9.59 Å². The Kier molecular flexibility index (Phi) is 6.76. The van der Waals surface area contributed by atoms with E-state index in [4.69, 9.17) is 9.47 Å². The van der Waals surface area contributed by atoms with Gasteiger partial charge >= 0.3 is 11.9 Å². The van der Waals surface area contributed by atoms with Crippen molar-refractivity contribution >= 4 is 11.9 Å². The molecular weight excluding hydrogens is 248 g/mol. The Morgan fingerprint density at radius 3 is 2.21 bits per heavy atom. The third kappa shape index (κ3) is 5.03. The smallest absolute Gasteiger partial charge is 0.349 e. The van der Waals surface area contributed by atoms with Gasteiger partial charge in [-0.05, 0) is 25.7 Å². The van der Waals surface area contributed by atoms with E-state index in [0.29, 0.717) is 6.42 Å². The van der Waals surface area contributed by atoms with E-state index >= 15 is 0 Å². The molecule has 110 valence electrons. The minimum atomic E-state index is -1.72. The third-order valence-corrected chi connectivity index (χ3v) is 2.93. The fourth-order valence-corrected chi connectivity index (χ4v) is 1.29. The molecule has 0 N–H and O–H groups in total. The molecule has 5 heteroatoms. The van der Waals surface area contributed by atoms with E-state index in [0.717, 1.165) is 0 Å². The van der Waals surface area contributed by atoms with E-state index in [-0.39, 0.29) is 18.6 Å². The fraction of sp³-hybridized carbons (Fsp3) is 0.714. The Hall–Kier alpha value is -1.36. The molecule has 0 saturated carbocycles. The summed E-state index contributed by atoms with van der Waals surface area (Å²) < 4.78 is 14.9. The van der Waals surface area contributed by atoms with Gasteiger partial charge in [-0.25, -0.2) is 9.59 Å². The maximum Gasteiger partial charge on any atom is 0.349 e. The van der Waals surface area contributed by atoms with Crippen LogP contribution in [0.2, 0.25) is 0 Å². The van der Waals surface area contributed by atoms with Crippen molar-refractivity contribution < 1.29 is 23.8 Å². The van der Waals surface area contributed by atoms with E-state index in [1.807, 2.05) is 13.8 Å². The molecule has 19 heavy (non-hydrogen) atoms. The van der Waals surface area contributed by atoms with Crippen LogP contribution in [-0.4, -0.2) is 37.9 Å². The summed E-state index contributed by atoms with van der Waals surface area (Å²) in [6, 6.07) is 0. The number of carbonyl (C=O) groups is 2. The molecule has 1 atom stereocenters. The lowest BCUT2D eigenvalue weighted by atomic mass is 9.90. The highest BCUT2D eigenvalue weighted by atomic mass is 16.6. The summed E-state index contributed by atoms with van der Waals surface area (Å²) in [5.41, 5.74) is -1.85. The fourth-order valence-electron chi connectivity index (χ4n) is 1.29. The van der Waals surface area contributed by atoms with Gasteiger partial charge in [0.15, 0.2) is 0 Å². The summed E-state index contributed by atoms with van der Waals surface area (Å²) in [6.07, 6.45) is 2.43. The number of rotatable bonds is 8. The van der Waals surface area contributed by atoms with Crippen molar-refractivity contribution in [1.29, 1.82) is 0 Å². The van der Waals surface area contributed by atoms with E-state index in [2.05, 4.69) is 11.3 Å². The summed E-state index contributed by atoms with van der Waals surface area (Å²) in [4.78, 5) is 23.5. The minimum absolute atomic E-state index is 0.133. The maximum atomic E-state index is 11.8. The van der Waals surface area contributed by atoms with E-state index in [1.54, 1.807) is 13.0 Å². The summed E-state index contributed by atoms with van der Waals surface area (Å²) >= 11 is 0. The summed E-state index contributed by atoms with van der Waals surface area (Å²) in [5, 5.41) is 0. The summed E-state index contributed by atoms with van der Waals surface area (Å²) in [5.74, 6) is -1.50. The Morgan fingerprint density at radius 1 is 1.21 bits per heavy atom. The van der Waals surface area contributed by atoms with Crippen LogP contribution in [0.1, 0.15) is 34.1 Å². The number of esters is 2. The van der Waals surface area contributed by atoms with Crippen molar-refractivity contribution in [3.8, 4) is 0 Å². The monoisotopic (exact) mass is 272 g/mol. The van der Waals surface area contributed by atoms with Gasteiger partial charge in [0.05, 0.1) is 13.7 Å². The molecular formula is C14H24O5. The lowest BCUT2D eigenvalue weighted by molar-refractivity contribution is -0.187. The van der Waals surface area contributed by atoms with Gasteiger partial charge in [0.25, 0.3) is 5.60 Å². The van der Waals surface area contributed by atoms with Crippen LogP contribution in [0.4, 0.5) is 0 Å². The number of methoxy groups -OCH3 is 1. The first-order chi connectivity index (χ1) is 8.73. The Labute approximate surface area is 114 Å². The molecule has 0 radical (unpaired) electrons. The lowest BCUT2D eigenvalue weighted by Crippen LogP contribution is -2.48. The van der Waals surface area contributed by atoms with Crippen molar-refractivity contribution in [2.45, 2.75) is 39.7 Å². The highest BCUT2D eigenvalue weighted by Gasteiger charge is 2.45. The molecule has 0 heterocycles. The molecule has 0 aliphatic rings. The van der Waals surface area contributed by atoms with Gasteiger partial charge in [0.2, 0.25) is 0 Å². The van der Waals surface area contributed by atoms with Crippen LogP contribution in [-0.2, 0) is 23.8 Å². The zero-order chi connectivity index (χ0) is 15.1. The van der Waals surface area contributed by atoms with Gasteiger partial charge in [0.1, 0.15) is 0 Å². The van der Waals surface area contributed by atoms with Crippen LogP contribution in [0.25, 0.3) is 0 Å². The van der Waals surface area contributed by atoms with Crippen molar-refractivity contribution in [1.82, 2.24) is 0 Å². The number of allylic oxidation sites excluding steroid dienone is 1. The molecule has 0 aromatic rings. The number of hydrogen-bond acceptors (Lipinski definition) is 5. The zero-order valence-corrected chi connectivity index (χ0v) is 12.4. The van der Waals surface area contributed by atoms with Gasteiger partial charge in [-0.15, -0.1) is 6.58 Å². The molecule has 0 amide bonds.